The quantitative estimate of drug-likeness (QED) is 0.441. The Morgan fingerprint density at radius 2 is 1.55 bits per heavy atom. The minimum atomic E-state index is 0.229. The molecule has 0 aliphatic carbocycles. The van der Waals surface area contributed by atoms with E-state index in [1.54, 1.807) is 0 Å². The van der Waals surface area contributed by atoms with E-state index < -0.39 is 0 Å². The summed E-state index contributed by atoms with van der Waals surface area (Å²) in [4.78, 5) is 2.52. The van der Waals surface area contributed by atoms with Crippen molar-refractivity contribution in [2.75, 3.05) is 4.90 Å². The summed E-state index contributed by atoms with van der Waals surface area (Å²) >= 11 is 0. The van der Waals surface area contributed by atoms with Gasteiger partial charge in [0.15, 0.2) is 0 Å². The van der Waals surface area contributed by atoms with E-state index in [1.807, 2.05) is 6.07 Å². The molecule has 0 N–H and O–H groups in total. The number of unbranched alkanes of at least 4 members (excludes halogenated alkanes) is 1. The first-order chi connectivity index (χ1) is 14.3. The van der Waals surface area contributed by atoms with E-state index in [1.165, 1.54) is 36.1 Å². The van der Waals surface area contributed by atoms with Crippen LogP contribution >= 0.6 is 0 Å². The zero-order valence-corrected chi connectivity index (χ0v) is 17.2. The summed E-state index contributed by atoms with van der Waals surface area (Å²) in [5.74, 6) is 7.67. The highest BCUT2D eigenvalue weighted by Gasteiger charge is 2.31. The molecule has 29 heavy (non-hydrogen) atoms. The van der Waals surface area contributed by atoms with E-state index >= 15 is 0 Å². The predicted molar refractivity (Wildman–Crippen MR) is 123 cm³/mol. The van der Waals surface area contributed by atoms with Gasteiger partial charge in [0, 0.05) is 17.8 Å². The Hall–Kier alpha value is -2.98. The van der Waals surface area contributed by atoms with Gasteiger partial charge in [0.25, 0.3) is 0 Å². The van der Waals surface area contributed by atoms with E-state index in [9.17, 15) is 0 Å². The van der Waals surface area contributed by atoms with Crippen LogP contribution in [0.2, 0.25) is 0 Å². The van der Waals surface area contributed by atoms with Crippen molar-refractivity contribution < 1.29 is 0 Å². The fraction of sp³-hybridized carbons (Fsp3) is 0.286. The maximum absolute atomic E-state index is 3.63. The first kappa shape index (κ1) is 19.3. The van der Waals surface area contributed by atoms with Gasteiger partial charge in [0.1, 0.15) is 0 Å². The monoisotopic (exact) mass is 379 g/mol. The molecule has 3 aromatic rings. The lowest BCUT2D eigenvalue weighted by Gasteiger charge is -2.40. The predicted octanol–water partition coefficient (Wildman–Crippen LogP) is 6.79. The number of anilines is 1. The molecule has 1 aliphatic heterocycles. The molecule has 146 valence electrons. The average Bonchev–Trinajstić information content (AvgIpc) is 2.79. The van der Waals surface area contributed by atoms with Crippen LogP contribution < -0.4 is 4.90 Å². The topological polar surface area (TPSA) is 3.24 Å². The molecule has 0 radical (unpaired) electrons. The maximum atomic E-state index is 3.63. The van der Waals surface area contributed by atoms with Crippen molar-refractivity contribution in [1.82, 2.24) is 0 Å². The summed E-state index contributed by atoms with van der Waals surface area (Å²) in [7, 11) is 0. The number of fused-ring (bicyclic) bond motifs is 1. The molecule has 1 aliphatic rings. The molecular weight excluding hydrogens is 350 g/mol. The van der Waals surface area contributed by atoms with E-state index in [4.69, 9.17) is 0 Å². The second-order valence-electron chi connectivity index (χ2n) is 7.90. The number of benzene rings is 3. The molecule has 4 rings (SSSR count). The Labute approximate surface area is 175 Å². The Kier molecular flexibility index (Phi) is 6.32. The average molecular weight is 380 g/mol. The SMILES string of the molecule is CCCCC1CC(C#Cc2ccccc2)N(Cc2ccccc2)c2ccccc21. The van der Waals surface area contributed by atoms with E-state index in [0.717, 1.165) is 18.5 Å². The molecule has 0 saturated heterocycles. The summed E-state index contributed by atoms with van der Waals surface area (Å²) < 4.78 is 0. The van der Waals surface area contributed by atoms with Crippen LogP contribution in [0, 0.1) is 11.8 Å². The zero-order chi connectivity index (χ0) is 19.9. The van der Waals surface area contributed by atoms with Crippen LogP contribution in [0.5, 0.6) is 0 Å². The Morgan fingerprint density at radius 3 is 2.31 bits per heavy atom. The number of rotatable bonds is 5. The van der Waals surface area contributed by atoms with Gasteiger partial charge < -0.3 is 4.90 Å². The minimum absolute atomic E-state index is 0.229. The van der Waals surface area contributed by atoms with Gasteiger partial charge in [-0.25, -0.2) is 0 Å². The highest BCUT2D eigenvalue weighted by molar-refractivity contribution is 5.60. The van der Waals surface area contributed by atoms with Gasteiger partial charge in [-0.2, -0.15) is 0 Å². The summed E-state index contributed by atoms with van der Waals surface area (Å²) in [6.45, 7) is 3.18. The van der Waals surface area contributed by atoms with Crippen LogP contribution in [0.3, 0.4) is 0 Å². The van der Waals surface area contributed by atoms with E-state index in [-0.39, 0.29) is 6.04 Å². The van der Waals surface area contributed by atoms with Crippen LogP contribution in [0.4, 0.5) is 5.69 Å². The fourth-order valence-electron chi connectivity index (χ4n) is 4.31. The summed E-state index contributed by atoms with van der Waals surface area (Å²) in [5.41, 5.74) is 5.28. The first-order valence-corrected chi connectivity index (χ1v) is 10.8. The lowest BCUT2D eigenvalue weighted by molar-refractivity contribution is 0.483. The van der Waals surface area contributed by atoms with Crippen molar-refractivity contribution in [3.63, 3.8) is 0 Å². The fourth-order valence-corrected chi connectivity index (χ4v) is 4.31. The molecule has 0 spiro atoms. The maximum Gasteiger partial charge on any atom is 0.0917 e. The van der Waals surface area contributed by atoms with Gasteiger partial charge in [0.05, 0.1) is 6.04 Å². The van der Waals surface area contributed by atoms with Gasteiger partial charge in [-0.15, -0.1) is 0 Å². The van der Waals surface area contributed by atoms with Gasteiger partial charge in [-0.1, -0.05) is 98.3 Å². The minimum Gasteiger partial charge on any atom is -0.353 e. The van der Waals surface area contributed by atoms with Gasteiger partial charge in [0.2, 0.25) is 0 Å². The molecule has 1 nitrogen and oxygen atoms in total. The van der Waals surface area contributed by atoms with Crippen LogP contribution in [0.15, 0.2) is 84.9 Å². The van der Waals surface area contributed by atoms with Crippen LogP contribution in [-0.2, 0) is 6.54 Å². The van der Waals surface area contributed by atoms with Crippen molar-refractivity contribution in [2.45, 2.75) is 51.1 Å². The zero-order valence-electron chi connectivity index (χ0n) is 17.2. The molecule has 0 aromatic heterocycles. The van der Waals surface area contributed by atoms with Crippen molar-refractivity contribution >= 4 is 5.69 Å². The summed E-state index contributed by atoms with van der Waals surface area (Å²) in [6, 6.07) is 30.3. The third kappa shape index (κ3) is 4.72. The molecule has 0 fully saturated rings. The summed E-state index contributed by atoms with van der Waals surface area (Å²) in [5, 5.41) is 0. The second-order valence-corrected chi connectivity index (χ2v) is 7.90. The van der Waals surface area contributed by atoms with Crippen molar-refractivity contribution in [3.05, 3.63) is 102 Å². The van der Waals surface area contributed by atoms with Crippen LogP contribution in [-0.4, -0.2) is 6.04 Å². The Bertz CT molecular complexity index is 965. The third-order valence-electron chi connectivity index (χ3n) is 5.83. The van der Waals surface area contributed by atoms with Gasteiger partial charge >= 0.3 is 0 Å². The highest BCUT2D eigenvalue weighted by atomic mass is 15.2. The van der Waals surface area contributed by atoms with Gasteiger partial charge in [-0.05, 0) is 48.1 Å². The molecule has 0 saturated carbocycles. The van der Waals surface area contributed by atoms with Gasteiger partial charge in [-0.3, -0.25) is 0 Å². The standard InChI is InChI=1S/C28H29N/c1-2-3-16-25-21-26(20-19-23-12-6-4-7-13-23)29(22-24-14-8-5-9-15-24)28-18-11-10-17-27(25)28/h4-15,17-18,25-26H,2-3,16,21-22H2,1H3. The lowest BCUT2D eigenvalue weighted by Crippen LogP contribution is -2.39. The lowest BCUT2D eigenvalue weighted by atomic mass is 9.82. The molecule has 2 unspecified atom stereocenters. The molecular formula is C28H29N. The van der Waals surface area contributed by atoms with Crippen LogP contribution in [0.25, 0.3) is 0 Å². The van der Waals surface area contributed by atoms with Crippen LogP contribution in [0.1, 0.15) is 55.2 Å². The smallest absolute Gasteiger partial charge is 0.0917 e. The van der Waals surface area contributed by atoms with E-state index in [0.29, 0.717) is 5.92 Å². The number of hydrogen-bond acceptors (Lipinski definition) is 1. The normalized spacial score (nSPS) is 17.9. The first-order valence-electron chi connectivity index (χ1n) is 10.8. The van der Waals surface area contributed by atoms with Crippen molar-refractivity contribution in [2.24, 2.45) is 0 Å². The molecule has 1 heterocycles. The largest absolute Gasteiger partial charge is 0.353 e. The van der Waals surface area contributed by atoms with Crippen molar-refractivity contribution in [1.29, 1.82) is 0 Å². The number of nitrogens with zero attached hydrogens (tertiary/aromatic N) is 1. The molecule has 1 heteroatoms. The van der Waals surface area contributed by atoms with Crippen molar-refractivity contribution in [3.8, 4) is 11.8 Å². The Morgan fingerprint density at radius 1 is 0.862 bits per heavy atom. The molecule has 2 atom stereocenters. The number of hydrogen-bond donors (Lipinski definition) is 0. The molecule has 3 aromatic carbocycles. The summed E-state index contributed by atoms with van der Waals surface area (Å²) in [6.07, 6.45) is 4.86. The number of para-hydroxylation sites is 1. The van der Waals surface area contributed by atoms with E-state index in [2.05, 4.69) is 103 Å². The highest BCUT2D eigenvalue weighted by Crippen LogP contribution is 2.41. The third-order valence-corrected chi connectivity index (χ3v) is 5.83. The molecule has 0 bridgehead atoms. The Balaban J connectivity index is 1.70. The molecule has 0 amide bonds. The second kappa shape index (κ2) is 9.48.